The largest absolute Gasteiger partial charge is 0.492 e. The number of ether oxygens (including phenoxy) is 1. The summed E-state index contributed by atoms with van der Waals surface area (Å²) in [7, 11) is 0. The average molecular weight is 295 g/mol. The van der Waals surface area contributed by atoms with Crippen molar-refractivity contribution < 1.29 is 17.9 Å². The van der Waals surface area contributed by atoms with Crippen molar-refractivity contribution in [3.05, 3.63) is 59.7 Å². The Hall–Kier alpha value is -2.17. The third-order valence-electron chi connectivity index (χ3n) is 2.88. The highest BCUT2D eigenvalue weighted by Crippen LogP contribution is 2.30. The van der Waals surface area contributed by atoms with E-state index in [2.05, 4.69) is 5.32 Å². The maximum absolute atomic E-state index is 12.6. The van der Waals surface area contributed by atoms with Crippen LogP contribution in [0, 0.1) is 6.92 Å². The number of aryl methyl sites for hydroxylation is 1. The van der Waals surface area contributed by atoms with Crippen LogP contribution in [0.3, 0.4) is 0 Å². The van der Waals surface area contributed by atoms with E-state index in [0.717, 1.165) is 23.4 Å². The summed E-state index contributed by atoms with van der Waals surface area (Å²) in [4.78, 5) is 0. The zero-order valence-corrected chi connectivity index (χ0v) is 11.6. The molecule has 0 aromatic heterocycles. The van der Waals surface area contributed by atoms with Crippen molar-refractivity contribution in [2.75, 3.05) is 18.5 Å². The van der Waals surface area contributed by atoms with Crippen molar-refractivity contribution in [2.45, 2.75) is 13.1 Å². The molecule has 0 heterocycles. The molecule has 5 heteroatoms. The van der Waals surface area contributed by atoms with E-state index in [4.69, 9.17) is 4.74 Å². The minimum atomic E-state index is -4.32. The first-order valence-electron chi connectivity index (χ1n) is 6.56. The van der Waals surface area contributed by atoms with Gasteiger partial charge in [0.1, 0.15) is 12.4 Å². The smallest absolute Gasteiger partial charge is 0.416 e. The topological polar surface area (TPSA) is 21.3 Å². The molecule has 0 fully saturated rings. The molecule has 0 atom stereocenters. The van der Waals surface area contributed by atoms with Crippen LogP contribution < -0.4 is 10.1 Å². The predicted octanol–water partition coefficient (Wildman–Crippen LogP) is 4.50. The van der Waals surface area contributed by atoms with Gasteiger partial charge in [-0.3, -0.25) is 0 Å². The predicted molar refractivity (Wildman–Crippen MR) is 76.6 cm³/mol. The van der Waals surface area contributed by atoms with Crippen LogP contribution in [-0.2, 0) is 6.18 Å². The molecule has 1 N–H and O–H groups in total. The van der Waals surface area contributed by atoms with Gasteiger partial charge in [-0.15, -0.1) is 0 Å². The number of nitrogens with one attached hydrogen (secondary N) is 1. The summed E-state index contributed by atoms with van der Waals surface area (Å²) < 4.78 is 43.2. The van der Waals surface area contributed by atoms with Crippen molar-refractivity contribution >= 4 is 5.69 Å². The fourth-order valence-electron chi connectivity index (χ4n) is 1.87. The maximum Gasteiger partial charge on any atom is 0.416 e. The quantitative estimate of drug-likeness (QED) is 0.820. The van der Waals surface area contributed by atoms with Gasteiger partial charge in [0.25, 0.3) is 0 Å². The van der Waals surface area contributed by atoms with Crippen molar-refractivity contribution in [1.29, 1.82) is 0 Å². The van der Waals surface area contributed by atoms with Gasteiger partial charge in [-0.1, -0.05) is 18.2 Å². The molecule has 0 aliphatic heterocycles. The zero-order valence-electron chi connectivity index (χ0n) is 11.6. The molecule has 0 radical (unpaired) electrons. The number of benzene rings is 2. The Bertz CT molecular complexity index is 596. The molecule has 0 unspecified atom stereocenters. The monoisotopic (exact) mass is 295 g/mol. The number of rotatable bonds is 5. The molecule has 0 amide bonds. The van der Waals surface area contributed by atoms with Crippen LogP contribution in [0.4, 0.5) is 18.9 Å². The van der Waals surface area contributed by atoms with E-state index in [0.29, 0.717) is 18.8 Å². The fourth-order valence-corrected chi connectivity index (χ4v) is 1.87. The van der Waals surface area contributed by atoms with Crippen LogP contribution in [0.2, 0.25) is 0 Å². The van der Waals surface area contributed by atoms with E-state index in [-0.39, 0.29) is 0 Å². The molecule has 0 saturated heterocycles. The third kappa shape index (κ3) is 4.70. The summed E-state index contributed by atoms with van der Waals surface area (Å²) in [6.07, 6.45) is -4.32. The molecule has 2 aromatic carbocycles. The van der Waals surface area contributed by atoms with Crippen LogP contribution in [0.25, 0.3) is 0 Å². The molecule has 0 spiro atoms. The van der Waals surface area contributed by atoms with Gasteiger partial charge in [-0.05, 0) is 42.8 Å². The van der Waals surface area contributed by atoms with E-state index in [1.807, 2.05) is 31.2 Å². The first-order chi connectivity index (χ1) is 9.95. The van der Waals surface area contributed by atoms with Gasteiger partial charge < -0.3 is 10.1 Å². The van der Waals surface area contributed by atoms with Gasteiger partial charge in [0.15, 0.2) is 0 Å². The van der Waals surface area contributed by atoms with Crippen LogP contribution in [0.5, 0.6) is 5.75 Å². The second-order valence-electron chi connectivity index (χ2n) is 4.67. The molecule has 2 nitrogen and oxygen atoms in total. The number of hydrogen-bond acceptors (Lipinski definition) is 2. The second-order valence-corrected chi connectivity index (χ2v) is 4.67. The fraction of sp³-hybridized carbons (Fsp3) is 0.250. The Balaban J connectivity index is 1.84. The highest BCUT2D eigenvalue weighted by Gasteiger charge is 2.30. The second kappa shape index (κ2) is 6.52. The zero-order chi connectivity index (χ0) is 15.3. The van der Waals surface area contributed by atoms with E-state index in [9.17, 15) is 13.2 Å². The summed E-state index contributed by atoms with van der Waals surface area (Å²) >= 11 is 0. The Morgan fingerprint density at radius 3 is 2.52 bits per heavy atom. The average Bonchev–Trinajstić information content (AvgIpc) is 2.43. The first kappa shape index (κ1) is 15.2. The molecule has 0 saturated carbocycles. The lowest BCUT2D eigenvalue weighted by Crippen LogP contribution is -2.12. The minimum absolute atomic E-state index is 0.375. The van der Waals surface area contributed by atoms with E-state index in [1.54, 1.807) is 6.07 Å². The lowest BCUT2D eigenvalue weighted by Gasteiger charge is -2.11. The summed E-state index contributed by atoms with van der Waals surface area (Å²) in [5.74, 6) is 0.751. The van der Waals surface area contributed by atoms with E-state index < -0.39 is 11.7 Å². The summed E-state index contributed by atoms with van der Waals surface area (Å²) in [5.41, 5.74) is 0.864. The van der Waals surface area contributed by atoms with Gasteiger partial charge in [0, 0.05) is 12.2 Å². The van der Waals surface area contributed by atoms with Gasteiger partial charge in [-0.2, -0.15) is 13.2 Å². The Morgan fingerprint density at radius 1 is 1.05 bits per heavy atom. The summed E-state index contributed by atoms with van der Waals surface area (Å²) in [6.45, 7) is 2.77. The van der Waals surface area contributed by atoms with Gasteiger partial charge in [0.05, 0.1) is 5.56 Å². The SMILES string of the molecule is Cc1cccc(OCCNc2cccc(C(F)(F)F)c2)c1. The molecule has 0 bridgehead atoms. The molecule has 0 aliphatic carbocycles. The van der Waals surface area contributed by atoms with Crippen LogP contribution in [0.1, 0.15) is 11.1 Å². The van der Waals surface area contributed by atoms with Crippen molar-refractivity contribution in [2.24, 2.45) is 0 Å². The van der Waals surface area contributed by atoms with E-state index in [1.165, 1.54) is 6.07 Å². The number of alkyl halides is 3. The standard InChI is InChI=1S/C16H16F3NO/c1-12-4-2-7-15(10-12)21-9-8-20-14-6-3-5-13(11-14)16(17,18)19/h2-7,10-11,20H,8-9H2,1H3. The lowest BCUT2D eigenvalue weighted by molar-refractivity contribution is -0.137. The number of halogens is 3. The Kier molecular flexibility index (Phi) is 4.73. The molecular formula is C16H16F3NO. The lowest BCUT2D eigenvalue weighted by atomic mass is 10.2. The number of anilines is 1. The van der Waals surface area contributed by atoms with Crippen molar-refractivity contribution in [1.82, 2.24) is 0 Å². The van der Waals surface area contributed by atoms with Gasteiger partial charge in [-0.25, -0.2) is 0 Å². The van der Waals surface area contributed by atoms with Gasteiger partial charge >= 0.3 is 6.18 Å². The molecular weight excluding hydrogens is 279 g/mol. The van der Waals surface area contributed by atoms with Crippen LogP contribution in [-0.4, -0.2) is 13.2 Å². The maximum atomic E-state index is 12.6. The van der Waals surface area contributed by atoms with Crippen LogP contribution in [0.15, 0.2) is 48.5 Å². The summed E-state index contributed by atoms with van der Waals surface area (Å²) in [5, 5.41) is 2.92. The first-order valence-corrected chi connectivity index (χ1v) is 6.56. The van der Waals surface area contributed by atoms with Crippen molar-refractivity contribution in [3.8, 4) is 5.75 Å². The van der Waals surface area contributed by atoms with Crippen molar-refractivity contribution in [3.63, 3.8) is 0 Å². The highest BCUT2D eigenvalue weighted by atomic mass is 19.4. The Morgan fingerprint density at radius 2 is 1.81 bits per heavy atom. The normalized spacial score (nSPS) is 11.2. The Labute approximate surface area is 121 Å². The minimum Gasteiger partial charge on any atom is -0.492 e. The highest BCUT2D eigenvalue weighted by molar-refractivity contribution is 5.46. The van der Waals surface area contributed by atoms with E-state index >= 15 is 0 Å². The molecule has 2 aromatic rings. The molecule has 112 valence electrons. The molecule has 21 heavy (non-hydrogen) atoms. The van der Waals surface area contributed by atoms with Crippen LogP contribution >= 0.6 is 0 Å². The summed E-state index contributed by atoms with van der Waals surface area (Å²) in [6, 6.07) is 12.7. The van der Waals surface area contributed by atoms with Gasteiger partial charge in [0.2, 0.25) is 0 Å². The third-order valence-corrected chi connectivity index (χ3v) is 2.88. The number of hydrogen-bond donors (Lipinski definition) is 1. The molecule has 2 rings (SSSR count). The molecule has 0 aliphatic rings.